The number of hydrogen-bond acceptors (Lipinski definition) is 9. The van der Waals surface area contributed by atoms with Crippen molar-refractivity contribution in [2.45, 2.75) is 33.7 Å². The second-order valence-electron chi connectivity index (χ2n) is 11.2. The van der Waals surface area contributed by atoms with Gasteiger partial charge in [0.1, 0.15) is 36.2 Å². The smallest absolute Gasteiger partial charge is 0.343 e. The maximum absolute atomic E-state index is 12.9. The minimum Gasteiger partial charge on any atom is -0.491 e. The zero-order valence-electron chi connectivity index (χ0n) is 28.4. The molecule has 4 rings (SSSR count). The lowest BCUT2D eigenvalue weighted by Crippen LogP contribution is -2.35. The molecule has 0 saturated carbocycles. The van der Waals surface area contributed by atoms with E-state index in [9.17, 15) is 9.59 Å². The molecule has 48 heavy (non-hydrogen) atoms. The summed E-state index contributed by atoms with van der Waals surface area (Å²) in [7, 11) is 4.01. The van der Waals surface area contributed by atoms with Crippen molar-refractivity contribution in [3.05, 3.63) is 107 Å². The molecule has 0 fully saturated rings. The molecule has 0 aliphatic carbocycles. The predicted octanol–water partition coefficient (Wildman–Crippen LogP) is 6.00. The Hall–Kier alpha value is -4.93. The van der Waals surface area contributed by atoms with Crippen LogP contribution in [0.4, 0.5) is 5.69 Å². The maximum atomic E-state index is 12.9. The number of esters is 2. The minimum absolute atomic E-state index is 0.379. The molecule has 0 amide bonds. The van der Waals surface area contributed by atoms with E-state index in [0.717, 1.165) is 18.7 Å². The van der Waals surface area contributed by atoms with Crippen molar-refractivity contribution in [3.8, 4) is 23.0 Å². The Balaban J connectivity index is 1.23. The molecule has 0 aliphatic rings. The van der Waals surface area contributed by atoms with Crippen LogP contribution in [0.2, 0.25) is 0 Å². The monoisotopic (exact) mass is 657 g/mol. The first-order chi connectivity index (χ1) is 23.2. The van der Waals surface area contributed by atoms with Gasteiger partial charge in [0, 0.05) is 38.5 Å². The van der Waals surface area contributed by atoms with E-state index in [2.05, 4.69) is 11.5 Å². The maximum Gasteiger partial charge on any atom is 0.343 e. The van der Waals surface area contributed by atoms with Crippen LogP contribution in [-0.2, 0) is 16.0 Å². The highest BCUT2D eigenvalue weighted by atomic mass is 16.5. The molecule has 10 heteroatoms. The molecule has 254 valence electrons. The zero-order valence-corrected chi connectivity index (χ0v) is 28.4. The number of anilines is 1. The largest absolute Gasteiger partial charge is 0.491 e. The number of carbonyl (C=O) groups excluding carboxylic acids is 2. The van der Waals surface area contributed by atoms with Crippen molar-refractivity contribution >= 4 is 17.6 Å². The van der Waals surface area contributed by atoms with E-state index in [1.165, 1.54) is 0 Å². The van der Waals surface area contributed by atoms with Gasteiger partial charge in [0.05, 0.1) is 30.9 Å². The Morgan fingerprint density at radius 2 is 1.06 bits per heavy atom. The fourth-order valence-corrected chi connectivity index (χ4v) is 4.53. The summed E-state index contributed by atoms with van der Waals surface area (Å²) in [4.78, 5) is 27.8. The van der Waals surface area contributed by atoms with Crippen molar-refractivity contribution in [3.63, 3.8) is 0 Å². The van der Waals surface area contributed by atoms with Gasteiger partial charge >= 0.3 is 11.9 Å². The van der Waals surface area contributed by atoms with Crippen LogP contribution in [0.5, 0.6) is 23.0 Å². The normalized spacial score (nSPS) is 10.8. The van der Waals surface area contributed by atoms with Gasteiger partial charge in [-0.25, -0.2) is 14.2 Å². The Bertz CT molecular complexity index is 1600. The molecule has 0 saturated heterocycles. The SMILES string of the molecule is CCCOCCOCCOc1ccc(C(=O)Oc2ccc(OC(=O)c3ccc(OCC[n+]4ccc(N(C)C)cc4)cc3)c(C)c2C)cc1. The zero-order chi connectivity index (χ0) is 34.3. The number of hydrogen-bond donors (Lipinski definition) is 0. The molecule has 3 aromatic carbocycles. The molecular formula is C38H45N2O8+. The summed E-state index contributed by atoms with van der Waals surface area (Å²) in [6.45, 7) is 9.51. The highest BCUT2D eigenvalue weighted by molar-refractivity contribution is 5.92. The summed E-state index contributed by atoms with van der Waals surface area (Å²) < 4.78 is 35.8. The third-order valence-corrected chi connectivity index (χ3v) is 7.50. The van der Waals surface area contributed by atoms with Crippen molar-refractivity contribution in [2.24, 2.45) is 0 Å². The van der Waals surface area contributed by atoms with Gasteiger partial charge < -0.3 is 33.3 Å². The molecule has 0 unspecified atom stereocenters. The number of pyridine rings is 1. The van der Waals surface area contributed by atoms with E-state index in [4.69, 9.17) is 28.4 Å². The number of ether oxygens (including phenoxy) is 6. The van der Waals surface area contributed by atoms with Gasteiger partial charge in [-0.1, -0.05) is 6.92 Å². The number of aromatic nitrogens is 1. The van der Waals surface area contributed by atoms with Crippen molar-refractivity contribution < 1.29 is 42.6 Å². The van der Waals surface area contributed by atoms with E-state index >= 15 is 0 Å². The van der Waals surface area contributed by atoms with Crippen LogP contribution in [0.25, 0.3) is 0 Å². The summed E-state index contributed by atoms with van der Waals surface area (Å²) in [6.07, 6.45) is 5.01. The number of benzene rings is 3. The molecule has 4 aromatic rings. The Kier molecular flexibility index (Phi) is 13.8. The molecule has 0 spiro atoms. The molecule has 0 N–H and O–H groups in total. The second kappa shape index (κ2) is 18.4. The van der Waals surface area contributed by atoms with E-state index in [-0.39, 0.29) is 0 Å². The molecule has 0 atom stereocenters. The molecular weight excluding hydrogens is 612 g/mol. The third kappa shape index (κ3) is 10.8. The fourth-order valence-electron chi connectivity index (χ4n) is 4.53. The van der Waals surface area contributed by atoms with Crippen molar-refractivity contribution in [1.29, 1.82) is 0 Å². The van der Waals surface area contributed by atoms with E-state index < -0.39 is 11.9 Å². The average Bonchev–Trinajstić information content (AvgIpc) is 3.10. The first-order valence-electron chi connectivity index (χ1n) is 16.1. The van der Waals surface area contributed by atoms with Crippen molar-refractivity contribution in [2.75, 3.05) is 58.6 Å². The van der Waals surface area contributed by atoms with E-state index in [1.807, 2.05) is 57.4 Å². The number of carbonyl (C=O) groups is 2. The van der Waals surface area contributed by atoms with Gasteiger partial charge in [-0.05, 0) is 92.1 Å². The van der Waals surface area contributed by atoms with Gasteiger partial charge in [-0.2, -0.15) is 0 Å². The van der Waals surface area contributed by atoms with Crippen LogP contribution in [0.15, 0.2) is 85.2 Å². The lowest BCUT2D eigenvalue weighted by Gasteiger charge is -2.14. The summed E-state index contributed by atoms with van der Waals surface area (Å²) in [5, 5.41) is 0. The quantitative estimate of drug-likeness (QED) is 0.0553. The van der Waals surface area contributed by atoms with Gasteiger partial charge in [-0.3, -0.25) is 0 Å². The van der Waals surface area contributed by atoms with E-state index in [0.29, 0.717) is 84.8 Å². The Morgan fingerprint density at radius 3 is 1.54 bits per heavy atom. The Labute approximate surface area is 282 Å². The van der Waals surface area contributed by atoms with Crippen LogP contribution >= 0.6 is 0 Å². The summed E-state index contributed by atoms with van der Waals surface area (Å²) in [5.74, 6) is 1.04. The third-order valence-electron chi connectivity index (χ3n) is 7.50. The predicted molar refractivity (Wildman–Crippen MR) is 183 cm³/mol. The lowest BCUT2D eigenvalue weighted by atomic mass is 10.1. The first-order valence-corrected chi connectivity index (χ1v) is 16.1. The molecule has 0 aliphatic heterocycles. The van der Waals surface area contributed by atoms with Crippen LogP contribution < -0.4 is 28.4 Å². The van der Waals surface area contributed by atoms with Crippen LogP contribution in [0.3, 0.4) is 0 Å². The van der Waals surface area contributed by atoms with Crippen LogP contribution in [0.1, 0.15) is 45.2 Å². The molecule has 1 aromatic heterocycles. The van der Waals surface area contributed by atoms with Gasteiger partial charge in [0.15, 0.2) is 18.9 Å². The highest BCUT2D eigenvalue weighted by Crippen LogP contribution is 2.30. The molecule has 0 bridgehead atoms. The summed E-state index contributed by atoms with van der Waals surface area (Å²) in [5.41, 5.74) is 3.27. The van der Waals surface area contributed by atoms with Crippen molar-refractivity contribution in [1.82, 2.24) is 0 Å². The lowest BCUT2D eigenvalue weighted by molar-refractivity contribution is -0.697. The number of nitrogens with zero attached hydrogens (tertiary/aromatic N) is 2. The molecule has 0 radical (unpaired) electrons. The fraction of sp³-hybridized carbons (Fsp3) is 0.342. The van der Waals surface area contributed by atoms with Gasteiger partial charge in [0.2, 0.25) is 0 Å². The van der Waals surface area contributed by atoms with Crippen LogP contribution in [-0.4, -0.2) is 65.7 Å². The molecule has 1 heterocycles. The minimum atomic E-state index is -0.507. The van der Waals surface area contributed by atoms with E-state index in [1.54, 1.807) is 60.7 Å². The van der Waals surface area contributed by atoms with Crippen LogP contribution in [0, 0.1) is 13.8 Å². The summed E-state index contributed by atoms with van der Waals surface area (Å²) >= 11 is 0. The van der Waals surface area contributed by atoms with Gasteiger partial charge in [-0.15, -0.1) is 0 Å². The Morgan fingerprint density at radius 1 is 0.604 bits per heavy atom. The average molecular weight is 658 g/mol. The summed E-state index contributed by atoms with van der Waals surface area (Å²) in [6, 6.07) is 20.9. The first kappa shape index (κ1) is 35.9. The standard InChI is InChI=1S/C38H45N2O8/c1-6-22-43-24-25-44-26-27-46-34-13-9-31(10-14-34)38(42)48-36-16-15-35(28(2)29(36)3)47-37(41)30-7-11-33(12-8-30)45-23-21-40-19-17-32(18-20-40)39(4)5/h7-20H,6,21-27H2,1-5H3/q+1. The second-order valence-corrected chi connectivity index (χ2v) is 11.2. The highest BCUT2D eigenvalue weighted by Gasteiger charge is 2.17. The molecule has 10 nitrogen and oxygen atoms in total. The topological polar surface area (TPSA) is 96.6 Å². The van der Waals surface area contributed by atoms with Gasteiger partial charge in [0.25, 0.3) is 0 Å². The number of rotatable bonds is 18.